The van der Waals surface area contributed by atoms with Gasteiger partial charge >= 0.3 is 0 Å². The molecule has 0 aromatic heterocycles. The van der Waals surface area contributed by atoms with Crippen molar-refractivity contribution in [2.75, 3.05) is 17.7 Å². The zero-order valence-corrected chi connectivity index (χ0v) is 14.7. The van der Waals surface area contributed by atoms with Crippen LogP contribution < -0.4 is 15.4 Å². The highest BCUT2D eigenvalue weighted by Gasteiger charge is 2.06. The Labute approximate surface area is 142 Å². The lowest BCUT2D eigenvalue weighted by Crippen LogP contribution is -2.19. The van der Waals surface area contributed by atoms with E-state index in [0.717, 1.165) is 27.2 Å². The number of anilines is 2. The van der Waals surface area contributed by atoms with E-state index in [1.807, 2.05) is 37.3 Å². The van der Waals surface area contributed by atoms with E-state index in [4.69, 9.17) is 28.6 Å². The van der Waals surface area contributed by atoms with Crippen LogP contribution in [0.15, 0.2) is 40.9 Å². The van der Waals surface area contributed by atoms with Gasteiger partial charge < -0.3 is 15.4 Å². The number of hydrogen-bond donors (Lipinski definition) is 2. The third-order valence-electron chi connectivity index (χ3n) is 2.78. The number of hydrogen-bond acceptors (Lipinski definition) is 2. The fourth-order valence-electron chi connectivity index (χ4n) is 1.78. The minimum atomic E-state index is 0.470. The van der Waals surface area contributed by atoms with Crippen molar-refractivity contribution in [1.82, 2.24) is 0 Å². The van der Waals surface area contributed by atoms with Crippen LogP contribution in [0.4, 0.5) is 11.4 Å². The summed E-state index contributed by atoms with van der Waals surface area (Å²) < 4.78 is 6.15. The summed E-state index contributed by atoms with van der Waals surface area (Å²) in [4.78, 5) is 0. The summed E-state index contributed by atoms with van der Waals surface area (Å²) >= 11 is 14.7. The maximum absolute atomic E-state index is 6.06. The fourth-order valence-corrected chi connectivity index (χ4v) is 2.43. The maximum atomic E-state index is 6.06. The molecule has 0 aliphatic rings. The molecule has 21 heavy (non-hydrogen) atoms. The van der Waals surface area contributed by atoms with Gasteiger partial charge in [-0.05, 0) is 71.0 Å². The molecule has 2 rings (SSSR count). The molecule has 110 valence electrons. The lowest BCUT2D eigenvalue weighted by molar-refractivity contribution is 0.417. The molecule has 2 aromatic rings. The summed E-state index contributed by atoms with van der Waals surface area (Å²) in [5, 5.41) is 7.31. The van der Waals surface area contributed by atoms with Gasteiger partial charge in [0.1, 0.15) is 5.75 Å². The maximum Gasteiger partial charge on any atom is 0.175 e. The molecule has 0 heterocycles. The van der Waals surface area contributed by atoms with Crippen LogP contribution >= 0.6 is 39.7 Å². The van der Waals surface area contributed by atoms with Crippen LogP contribution in [0.3, 0.4) is 0 Å². The lowest BCUT2D eigenvalue weighted by atomic mass is 10.2. The van der Waals surface area contributed by atoms with E-state index >= 15 is 0 Å². The molecule has 0 spiro atoms. The molecule has 2 N–H and O–H groups in total. The molecule has 3 nitrogen and oxygen atoms in total. The first-order valence-corrected chi connectivity index (χ1v) is 7.75. The molecule has 0 aliphatic heterocycles. The van der Waals surface area contributed by atoms with Gasteiger partial charge in [0, 0.05) is 10.2 Å². The minimum Gasteiger partial charge on any atom is -0.495 e. The van der Waals surface area contributed by atoms with Crippen molar-refractivity contribution >= 4 is 56.2 Å². The first-order valence-electron chi connectivity index (χ1n) is 6.17. The second kappa shape index (κ2) is 7.11. The first-order chi connectivity index (χ1) is 9.99. The van der Waals surface area contributed by atoms with E-state index in [0.29, 0.717) is 10.1 Å². The van der Waals surface area contributed by atoms with Crippen molar-refractivity contribution in [3.63, 3.8) is 0 Å². The minimum absolute atomic E-state index is 0.470. The van der Waals surface area contributed by atoms with Crippen molar-refractivity contribution in [1.29, 1.82) is 0 Å². The van der Waals surface area contributed by atoms with E-state index in [-0.39, 0.29) is 0 Å². The molecule has 0 bridgehead atoms. The first kappa shape index (κ1) is 16.1. The van der Waals surface area contributed by atoms with Crippen molar-refractivity contribution in [3.8, 4) is 5.75 Å². The molecule has 0 saturated carbocycles. The highest BCUT2D eigenvalue weighted by atomic mass is 79.9. The zero-order valence-electron chi connectivity index (χ0n) is 11.5. The van der Waals surface area contributed by atoms with Gasteiger partial charge in [0.15, 0.2) is 5.11 Å². The van der Waals surface area contributed by atoms with Crippen molar-refractivity contribution < 1.29 is 4.74 Å². The molecule has 0 saturated heterocycles. The summed E-state index contributed by atoms with van der Waals surface area (Å²) in [6.07, 6.45) is 0. The molecule has 6 heteroatoms. The number of aryl methyl sites for hydroxylation is 1. The number of benzene rings is 2. The number of methoxy groups -OCH3 is 1. The monoisotopic (exact) mass is 384 g/mol. The number of thiocarbonyl (C=S) groups is 1. The smallest absolute Gasteiger partial charge is 0.175 e. The third kappa shape index (κ3) is 4.33. The van der Waals surface area contributed by atoms with Gasteiger partial charge in [-0.2, -0.15) is 0 Å². The predicted molar refractivity (Wildman–Crippen MR) is 96.7 cm³/mol. The standard InChI is InChI=1S/C15H14BrClN2OS/c1-9-3-6-14(20-2)13(7-9)19-15(21)18-10-4-5-11(16)12(17)8-10/h3-8H,1-2H3,(H2,18,19,21). The summed E-state index contributed by atoms with van der Waals surface area (Å²) in [5.74, 6) is 0.735. The van der Waals surface area contributed by atoms with Gasteiger partial charge in [-0.1, -0.05) is 17.7 Å². The average molecular weight is 386 g/mol. The van der Waals surface area contributed by atoms with Gasteiger partial charge in [-0.25, -0.2) is 0 Å². The Bertz CT molecular complexity index is 679. The van der Waals surface area contributed by atoms with E-state index in [1.54, 1.807) is 13.2 Å². The van der Waals surface area contributed by atoms with Gasteiger partial charge in [0.25, 0.3) is 0 Å². The quantitative estimate of drug-likeness (QED) is 0.709. The predicted octanol–water partition coefficient (Wildman–Crippen LogP) is 5.23. The second-order valence-corrected chi connectivity index (χ2v) is 6.08. The SMILES string of the molecule is COc1ccc(C)cc1NC(=S)Nc1ccc(Br)c(Cl)c1. The average Bonchev–Trinajstić information content (AvgIpc) is 2.43. The normalized spacial score (nSPS) is 10.1. The van der Waals surface area contributed by atoms with Gasteiger partial charge in [0.2, 0.25) is 0 Å². The third-order valence-corrected chi connectivity index (χ3v) is 4.22. The van der Waals surface area contributed by atoms with E-state index < -0.39 is 0 Å². The van der Waals surface area contributed by atoms with Crippen LogP contribution in [-0.4, -0.2) is 12.2 Å². The molecule has 0 fully saturated rings. The van der Waals surface area contributed by atoms with Crippen molar-refractivity contribution in [3.05, 3.63) is 51.5 Å². The molecular weight excluding hydrogens is 372 g/mol. The Morgan fingerprint density at radius 1 is 1.19 bits per heavy atom. The lowest BCUT2D eigenvalue weighted by Gasteiger charge is -2.14. The topological polar surface area (TPSA) is 33.3 Å². The Morgan fingerprint density at radius 2 is 1.95 bits per heavy atom. The van der Waals surface area contributed by atoms with Crippen molar-refractivity contribution in [2.45, 2.75) is 6.92 Å². The number of rotatable bonds is 3. The summed E-state index contributed by atoms with van der Waals surface area (Å²) in [5.41, 5.74) is 2.75. The Kier molecular flexibility index (Phi) is 5.45. The number of nitrogens with one attached hydrogen (secondary N) is 2. The Morgan fingerprint density at radius 3 is 2.62 bits per heavy atom. The summed E-state index contributed by atoms with van der Waals surface area (Å²) in [6, 6.07) is 11.4. The van der Waals surface area contributed by atoms with Crippen LogP contribution in [0, 0.1) is 6.92 Å². The van der Waals surface area contributed by atoms with Crippen LogP contribution in [0.2, 0.25) is 5.02 Å². The molecule has 0 aliphatic carbocycles. The molecule has 0 unspecified atom stereocenters. The number of ether oxygens (including phenoxy) is 1. The fraction of sp³-hybridized carbons (Fsp3) is 0.133. The summed E-state index contributed by atoms with van der Waals surface area (Å²) in [6.45, 7) is 2.01. The number of halogens is 2. The largest absolute Gasteiger partial charge is 0.495 e. The molecule has 2 aromatic carbocycles. The van der Waals surface area contributed by atoms with E-state index in [2.05, 4.69) is 26.6 Å². The van der Waals surface area contributed by atoms with Gasteiger partial charge in [-0.3, -0.25) is 0 Å². The van der Waals surface area contributed by atoms with Crippen LogP contribution in [0.25, 0.3) is 0 Å². The Hall–Kier alpha value is -1.30. The molecule has 0 amide bonds. The van der Waals surface area contributed by atoms with Gasteiger partial charge in [-0.15, -0.1) is 0 Å². The second-order valence-electron chi connectivity index (χ2n) is 4.41. The molecule has 0 radical (unpaired) electrons. The summed E-state index contributed by atoms with van der Waals surface area (Å²) in [7, 11) is 1.63. The van der Waals surface area contributed by atoms with Gasteiger partial charge in [0.05, 0.1) is 17.8 Å². The highest BCUT2D eigenvalue weighted by Crippen LogP contribution is 2.27. The van der Waals surface area contributed by atoms with E-state index in [1.165, 1.54) is 0 Å². The van der Waals surface area contributed by atoms with Crippen molar-refractivity contribution in [2.24, 2.45) is 0 Å². The Balaban J connectivity index is 2.11. The molecular formula is C15H14BrClN2OS. The van der Waals surface area contributed by atoms with Crippen LogP contribution in [0.5, 0.6) is 5.75 Å². The highest BCUT2D eigenvalue weighted by molar-refractivity contribution is 9.10. The zero-order chi connectivity index (χ0) is 15.4. The van der Waals surface area contributed by atoms with Crippen LogP contribution in [-0.2, 0) is 0 Å². The molecule has 0 atom stereocenters. The van der Waals surface area contributed by atoms with Crippen LogP contribution in [0.1, 0.15) is 5.56 Å². The van der Waals surface area contributed by atoms with E-state index in [9.17, 15) is 0 Å².